The van der Waals surface area contributed by atoms with Crippen molar-refractivity contribution in [3.05, 3.63) is 18.0 Å². The number of hydrogen-bond acceptors (Lipinski definition) is 2. The second kappa shape index (κ2) is 6.20. The lowest BCUT2D eigenvalue weighted by atomic mass is 9.86. The average Bonchev–Trinajstić information content (AvgIpc) is 2.58. The van der Waals surface area contributed by atoms with Gasteiger partial charge in [-0.1, -0.05) is 27.7 Å². The fraction of sp³-hybridized carbons (Fsp3) is 0.786. The SMILES string of the molecule is CCCNC(Cc1cnn(C)c1)CC(C)(C)C. The fourth-order valence-electron chi connectivity index (χ4n) is 2.17. The lowest BCUT2D eigenvalue weighted by Crippen LogP contribution is -2.35. The summed E-state index contributed by atoms with van der Waals surface area (Å²) in [5.74, 6) is 0. The van der Waals surface area contributed by atoms with Crippen molar-refractivity contribution in [2.45, 2.75) is 53.0 Å². The Bertz CT molecular complexity index is 322. The molecule has 0 amide bonds. The molecule has 0 radical (unpaired) electrons. The maximum absolute atomic E-state index is 4.24. The summed E-state index contributed by atoms with van der Waals surface area (Å²) in [5.41, 5.74) is 1.69. The minimum atomic E-state index is 0.369. The molecule has 1 aromatic rings. The Morgan fingerprint density at radius 1 is 1.41 bits per heavy atom. The van der Waals surface area contributed by atoms with E-state index in [4.69, 9.17) is 0 Å². The molecule has 1 heterocycles. The highest BCUT2D eigenvalue weighted by atomic mass is 15.2. The van der Waals surface area contributed by atoms with Gasteiger partial charge in [0, 0.05) is 19.3 Å². The summed E-state index contributed by atoms with van der Waals surface area (Å²) >= 11 is 0. The molecule has 1 rings (SSSR count). The summed E-state index contributed by atoms with van der Waals surface area (Å²) < 4.78 is 1.88. The Labute approximate surface area is 106 Å². The van der Waals surface area contributed by atoms with E-state index in [0.717, 1.165) is 13.0 Å². The van der Waals surface area contributed by atoms with Crippen LogP contribution in [0.3, 0.4) is 0 Å². The van der Waals surface area contributed by atoms with Crippen molar-refractivity contribution in [2.75, 3.05) is 6.54 Å². The third-order valence-corrected chi connectivity index (χ3v) is 2.78. The second-order valence-electron chi connectivity index (χ2n) is 6.14. The maximum Gasteiger partial charge on any atom is 0.0522 e. The highest BCUT2D eigenvalue weighted by Crippen LogP contribution is 2.22. The first-order valence-corrected chi connectivity index (χ1v) is 6.61. The standard InChI is InChI=1S/C14H27N3/c1-6-7-15-13(9-14(2,3)4)8-12-10-16-17(5)11-12/h10-11,13,15H,6-9H2,1-5H3. The summed E-state index contributed by atoms with van der Waals surface area (Å²) in [6.45, 7) is 10.2. The third kappa shape index (κ3) is 5.87. The Kier molecular flexibility index (Phi) is 5.19. The smallest absolute Gasteiger partial charge is 0.0522 e. The van der Waals surface area contributed by atoms with Crippen molar-refractivity contribution >= 4 is 0 Å². The van der Waals surface area contributed by atoms with Gasteiger partial charge in [-0.15, -0.1) is 0 Å². The van der Waals surface area contributed by atoms with Gasteiger partial charge in [0.05, 0.1) is 6.20 Å². The van der Waals surface area contributed by atoms with Crippen LogP contribution in [-0.2, 0) is 13.5 Å². The zero-order valence-corrected chi connectivity index (χ0v) is 12.0. The van der Waals surface area contributed by atoms with Gasteiger partial charge in [0.15, 0.2) is 0 Å². The van der Waals surface area contributed by atoms with Crippen LogP contribution in [0.4, 0.5) is 0 Å². The van der Waals surface area contributed by atoms with E-state index in [9.17, 15) is 0 Å². The molecule has 1 N–H and O–H groups in total. The first kappa shape index (κ1) is 14.2. The molecule has 1 aromatic heterocycles. The molecule has 0 spiro atoms. The quantitative estimate of drug-likeness (QED) is 0.824. The molecule has 0 fully saturated rings. The molecule has 3 heteroatoms. The maximum atomic E-state index is 4.24. The fourth-order valence-corrected chi connectivity index (χ4v) is 2.17. The number of nitrogens with zero attached hydrogens (tertiary/aromatic N) is 2. The van der Waals surface area contributed by atoms with Crippen LogP contribution in [0.25, 0.3) is 0 Å². The number of aryl methyl sites for hydroxylation is 1. The lowest BCUT2D eigenvalue weighted by Gasteiger charge is -2.26. The topological polar surface area (TPSA) is 29.9 Å². The molecule has 98 valence electrons. The largest absolute Gasteiger partial charge is 0.314 e. The summed E-state index contributed by atoms with van der Waals surface area (Å²) in [6.07, 6.45) is 7.55. The summed E-state index contributed by atoms with van der Waals surface area (Å²) in [7, 11) is 1.97. The molecule has 1 atom stereocenters. The van der Waals surface area contributed by atoms with E-state index in [1.165, 1.54) is 18.4 Å². The van der Waals surface area contributed by atoms with E-state index in [1.54, 1.807) is 0 Å². The predicted octanol–water partition coefficient (Wildman–Crippen LogP) is 2.77. The van der Waals surface area contributed by atoms with Gasteiger partial charge in [0.25, 0.3) is 0 Å². The third-order valence-electron chi connectivity index (χ3n) is 2.78. The van der Waals surface area contributed by atoms with Gasteiger partial charge in [-0.25, -0.2) is 0 Å². The van der Waals surface area contributed by atoms with Crippen molar-refractivity contribution < 1.29 is 0 Å². The van der Waals surface area contributed by atoms with E-state index in [-0.39, 0.29) is 0 Å². The van der Waals surface area contributed by atoms with Crippen molar-refractivity contribution in [3.8, 4) is 0 Å². The molecular weight excluding hydrogens is 210 g/mol. The van der Waals surface area contributed by atoms with Gasteiger partial charge in [-0.2, -0.15) is 5.10 Å². The van der Waals surface area contributed by atoms with Gasteiger partial charge in [0.2, 0.25) is 0 Å². The van der Waals surface area contributed by atoms with Crippen LogP contribution in [0.1, 0.15) is 46.1 Å². The van der Waals surface area contributed by atoms with Crippen molar-refractivity contribution in [1.29, 1.82) is 0 Å². The lowest BCUT2D eigenvalue weighted by molar-refractivity contribution is 0.306. The predicted molar refractivity (Wildman–Crippen MR) is 73.1 cm³/mol. The normalized spacial score (nSPS) is 13.9. The van der Waals surface area contributed by atoms with Crippen molar-refractivity contribution in [1.82, 2.24) is 15.1 Å². The summed E-state index contributed by atoms with van der Waals surface area (Å²) in [4.78, 5) is 0. The number of aromatic nitrogens is 2. The average molecular weight is 237 g/mol. The van der Waals surface area contributed by atoms with Crippen molar-refractivity contribution in [3.63, 3.8) is 0 Å². The van der Waals surface area contributed by atoms with Crippen LogP contribution >= 0.6 is 0 Å². The minimum absolute atomic E-state index is 0.369. The minimum Gasteiger partial charge on any atom is -0.314 e. The van der Waals surface area contributed by atoms with Crippen LogP contribution in [0, 0.1) is 5.41 Å². The zero-order chi connectivity index (χ0) is 12.9. The number of nitrogens with one attached hydrogen (secondary N) is 1. The molecule has 0 saturated carbocycles. The molecule has 0 saturated heterocycles. The van der Waals surface area contributed by atoms with E-state index in [0.29, 0.717) is 11.5 Å². The first-order valence-electron chi connectivity index (χ1n) is 6.61. The Morgan fingerprint density at radius 2 is 2.12 bits per heavy atom. The molecule has 17 heavy (non-hydrogen) atoms. The van der Waals surface area contributed by atoms with Crippen LogP contribution in [0.15, 0.2) is 12.4 Å². The number of rotatable bonds is 6. The Balaban J connectivity index is 2.56. The molecule has 0 aliphatic carbocycles. The van der Waals surface area contributed by atoms with E-state index >= 15 is 0 Å². The molecule has 3 nitrogen and oxygen atoms in total. The Morgan fingerprint density at radius 3 is 2.59 bits per heavy atom. The summed E-state index contributed by atoms with van der Waals surface area (Å²) in [6, 6.07) is 0.555. The molecule has 0 aliphatic heterocycles. The highest BCUT2D eigenvalue weighted by molar-refractivity contribution is 5.06. The Hall–Kier alpha value is -0.830. The van der Waals surface area contributed by atoms with Crippen LogP contribution in [0.5, 0.6) is 0 Å². The molecule has 1 unspecified atom stereocenters. The second-order valence-corrected chi connectivity index (χ2v) is 6.14. The monoisotopic (exact) mass is 237 g/mol. The molecule has 0 aromatic carbocycles. The number of hydrogen-bond donors (Lipinski definition) is 1. The molecule has 0 bridgehead atoms. The van der Waals surface area contributed by atoms with E-state index < -0.39 is 0 Å². The van der Waals surface area contributed by atoms with Gasteiger partial charge < -0.3 is 5.32 Å². The van der Waals surface area contributed by atoms with E-state index in [2.05, 4.69) is 44.3 Å². The van der Waals surface area contributed by atoms with Gasteiger partial charge in [-0.05, 0) is 36.8 Å². The molecular formula is C14H27N3. The van der Waals surface area contributed by atoms with Gasteiger partial charge in [0.1, 0.15) is 0 Å². The van der Waals surface area contributed by atoms with Crippen molar-refractivity contribution in [2.24, 2.45) is 12.5 Å². The highest BCUT2D eigenvalue weighted by Gasteiger charge is 2.18. The molecule has 0 aliphatic rings. The summed E-state index contributed by atoms with van der Waals surface area (Å²) in [5, 5.41) is 7.88. The van der Waals surface area contributed by atoms with Crippen LogP contribution in [0.2, 0.25) is 0 Å². The van der Waals surface area contributed by atoms with Gasteiger partial charge in [-0.3, -0.25) is 4.68 Å². The zero-order valence-electron chi connectivity index (χ0n) is 12.0. The van der Waals surface area contributed by atoms with Crippen LogP contribution < -0.4 is 5.32 Å². The van der Waals surface area contributed by atoms with Gasteiger partial charge >= 0.3 is 0 Å². The first-order chi connectivity index (χ1) is 7.90. The van der Waals surface area contributed by atoms with Crippen LogP contribution in [-0.4, -0.2) is 22.4 Å². The van der Waals surface area contributed by atoms with E-state index in [1.807, 2.05) is 17.9 Å².